The molecule has 4 rings (SSSR count). The maximum Gasteiger partial charge on any atom is 0.227 e. The van der Waals surface area contributed by atoms with Crippen LogP contribution in [0.4, 0.5) is 15.8 Å². The van der Waals surface area contributed by atoms with Crippen LogP contribution in [-0.4, -0.2) is 38.0 Å². The molecule has 0 saturated carbocycles. The highest BCUT2D eigenvalue weighted by Crippen LogP contribution is 2.27. The fourth-order valence-electron chi connectivity index (χ4n) is 4.32. The highest BCUT2D eigenvalue weighted by molar-refractivity contribution is 6.00. The van der Waals surface area contributed by atoms with Gasteiger partial charge in [0.25, 0.3) is 0 Å². The van der Waals surface area contributed by atoms with Crippen LogP contribution in [0.5, 0.6) is 0 Å². The number of hydrogen-bond donors (Lipinski definition) is 1. The van der Waals surface area contributed by atoms with Gasteiger partial charge in [0.2, 0.25) is 11.8 Å². The minimum atomic E-state index is -0.307. The quantitative estimate of drug-likeness (QED) is 0.796. The van der Waals surface area contributed by atoms with Gasteiger partial charge in [-0.15, -0.1) is 0 Å². The molecule has 2 aromatic carbocycles. The largest absolute Gasteiger partial charge is 0.371 e. The van der Waals surface area contributed by atoms with Crippen LogP contribution >= 0.6 is 0 Å². The summed E-state index contributed by atoms with van der Waals surface area (Å²) in [5, 5.41) is 3.05. The third kappa shape index (κ3) is 4.48. The minimum absolute atomic E-state index is 0.00255. The van der Waals surface area contributed by atoms with Crippen LogP contribution in [0, 0.1) is 17.7 Å². The summed E-state index contributed by atoms with van der Waals surface area (Å²) in [5.74, 6) is -0.228. The van der Waals surface area contributed by atoms with E-state index in [-0.39, 0.29) is 30.0 Å². The first-order valence-electron chi connectivity index (χ1n) is 10.7. The molecule has 0 bridgehead atoms. The number of aryl methyl sites for hydroxylation is 1. The Labute approximate surface area is 176 Å². The molecule has 2 aromatic rings. The molecule has 2 aliphatic heterocycles. The lowest BCUT2D eigenvalue weighted by molar-refractivity contribution is -0.126. The molecule has 30 heavy (non-hydrogen) atoms. The zero-order valence-electron chi connectivity index (χ0n) is 17.3. The first kappa shape index (κ1) is 20.4. The first-order valence-corrected chi connectivity index (χ1v) is 10.7. The summed E-state index contributed by atoms with van der Waals surface area (Å²) < 4.78 is 13.1. The van der Waals surface area contributed by atoms with Crippen molar-refractivity contribution in [1.29, 1.82) is 0 Å². The third-order valence-corrected chi connectivity index (χ3v) is 6.19. The molecule has 6 heteroatoms. The van der Waals surface area contributed by atoms with Crippen LogP contribution in [0.15, 0.2) is 48.5 Å². The van der Waals surface area contributed by atoms with Crippen molar-refractivity contribution in [3.8, 4) is 0 Å². The summed E-state index contributed by atoms with van der Waals surface area (Å²) in [5.41, 5.74) is 3.10. The van der Waals surface area contributed by atoms with Crippen LogP contribution in [0.25, 0.3) is 0 Å². The summed E-state index contributed by atoms with van der Waals surface area (Å²) in [6.45, 7) is 4.87. The van der Waals surface area contributed by atoms with Gasteiger partial charge in [-0.25, -0.2) is 4.39 Å². The molecule has 2 fully saturated rings. The average molecular weight is 410 g/mol. The van der Waals surface area contributed by atoms with Crippen molar-refractivity contribution < 1.29 is 14.0 Å². The van der Waals surface area contributed by atoms with Crippen LogP contribution in [0.3, 0.4) is 0 Å². The van der Waals surface area contributed by atoms with E-state index in [9.17, 15) is 14.0 Å². The highest BCUT2D eigenvalue weighted by atomic mass is 19.1. The second-order valence-electron chi connectivity index (χ2n) is 8.25. The molecule has 2 unspecified atom stereocenters. The summed E-state index contributed by atoms with van der Waals surface area (Å²) in [7, 11) is 0. The van der Waals surface area contributed by atoms with E-state index in [1.807, 2.05) is 24.3 Å². The van der Waals surface area contributed by atoms with Gasteiger partial charge in [-0.3, -0.25) is 9.59 Å². The molecule has 0 aromatic heterocycles. The lowest BCUT2D eigenvalue weighted by atomic mass is 10.1. The van der Waals surface area contributed by atoms with E-state index in [0.717, 1.165) is 37.3 Å². The van der Waals surface area contributed by atoms with E-state index < -0.39 is 0 Å². The van der Waals surface area contributed by atoms with E-state index in [2.05, 4.69) is 17.1 Å². The van der Waals surface area contributed by atoms with Crippen molar-refractivity contribution in [2.45, 2.75) is 26.2 Å². The maximum absolute atomic E-state index is 13.1. The highest BCUT2D eigenvalue weighted by Gasteiger charge is 2.35. The van der Waals surface area contributed by atoms with Crippen molar-refractivity contribution >= 4 is 23.2 Å². The Morgan fingerprint density at radius 3 is 2.47 bits per heavy atom. The monoisotopic (exact) mass is 409 g/mol. The average Bonchev–Trinajstić information content (AvgIpc) is 3.39. The molecular formula is C24H28FN3O2. The van der Waals surface area contributed by atoms with Crippen molar-refractivity contribution in [1.82, 2.24) is 5.32 Å². The Balaban J connectivity index is 1.27. The molecule has 158 valence electrons. The molecule has 2 saturated heterocycles. The number of carbonyl (C=O) groups excluding carboxylic acids is 2. The number of carbonyl (C=O) groups is 2. The summed E-state index contributed by atoms with van der Waals surface area (Å²) in [6.07, 6.45) is 2.20. The molecule has 1 N–H and O–H groups in total. The Bertz CT molecular complexity index is 898. The second kappa shape index (κ2) is 8.86. The first-order chi connectivity index (χ1) is 14.5. The number of halogens is 1. The van der Waals surface area contributed by atoms with E-state index in [0.29, 0.717) is 19.0 Å². The zero-order chi connectivity index (χ0) is 21.1. The van der Waals surface area contributed by atoms with E-state index >= 15 is 0 Å². The normalized spacial score (nSPS) is 21.3. The number of rotatable bonds is 6. The van der Waals surface area contributed by atoms with Crippen LogP contribution in [0.1, 0.15) is 25.3 Å². The van der Waals surface area contributed by atoms with Gasteiger partial charge in [-0.2, -0.15) is 0 Å². The second-order valence-corrected chi connectivity index (χ2v) is 8.25. The minimum Gasteiger partial charge on any atom is -0.371 e. The Morgan fingerprint density at radius 2 is 1.77 bits per heavy atom. The molecule has 0 radical (unpaired) electrons. The molecule has 2 heterocycles. The molecule has 2 amide bonds. The predicted octanol–water partition coefficient (Wildman–Crippen LogP) is 3.38. The van der Waals surface area contributed by atoms with Gasteiger partial charge in [0.05, 0.1) is 5.92 Å². The van der Waals surface area contributed by atoms with Crippen molar-refractivity contribution in [2.75, 3.05) is 36.0 Å². The van der Waals surface area contributed by atoms with Crippen molar-refractivity contribution in [2.24, 2.45) is 11.8 Å². The number of anilines is 2. The number of nitrogens with zero attached hydrogens (tertiary/aromatic N) is 2. The van der Waals surface area contributed by atoms with Gasteiger partial charge in [0.1, 0.15) is 5.82 Å². The van der Waals surface area contributed by atoms with Gasteiger partial charge in [0.15, 0.2) is 0 Å². The molecule has 0 aliphatic carbocycles. The lowest BCUT2D eigenvalue weighted by Crippen LogP contribution is -2.36. The fraction of sp³-hybridized carbons (Fsp3) is 0.417. The number of hydrogen-bond acceptors (Lipinski definition) is 3. The molecule has 0 spiro atoms. The van der Waals surface area contributed by atoms with E-state index in [1.165, 1.54) is 17.7 Å². The number of nitrogens with one attached hydrogen (secondary N) is 1. The zero-order valence-corrected chi connectivity index (χ0v) is 17.3. The topological polar surface area (TPSA) is 52.7 Å². The fourth-order valence-corrected chi connectivity index (χ4v) is 4.32. The lowest BCUT2D eigenvalue weighted by Gasteiger charge is -2.19. The maximum atomic E-state index is 13.1. The third-order valence-electron chi connectivity index (χ3n) is 6.19. The van der Waals surface area contributed by atoms with Crippen LogP contribution in [-0.2, 0) is 16.0 Å². The number of benzene rings is 2. The molecular weight excluding hydrogens is 381 g/mol. The van der Waals surface area contributed by atoms with Crippen LogP contribution < -0.4 is 15.1 Å². The van der Waals surface area contributed by atoms with Gasteiger partial charge in [-0.1, -0.05) is 19.1 Å². The Hall–Kier alpha value is -2.89. The Morgan fingerprint density at radius 1 is 1.07 bits per heavy atom. The van der Waals surface area contributed by atoms with E-state index in [1.54, 1.807) is 17.0 Å². The van der Waals surface area contributed by atoms with Gasteiger partial charge >= 0.3 is 0 Å². The molecule has 2 aliphatic rings. The molecule has 5 nitrogen and oxygen atoms in total. The van der Waals surface area contributed by atoms with Crippen LogP contribution in [0.2, 0.25) is 0 Å². The number of amides is 2. The Kier molecular flexibility index (Phi) is 6.02. The van der Waals surface area contributed by atoms with Gasteiger partial charge in [0, 0.05) is 44.0 Å². The van der Waals surface area contributed by atoms with Crippen molar-refractivity contribution in [3.05, 3.63) is 59.9 Å². The summed E-state index contributed by atoms with van der Waals surface area (Å²) in [4.78, 5) is 29.0. The molecule has 2 atom stereocenters. The van der Waals surface area contributed by atoms with E-state index in [4.69, 9.17) is 0 Å². The van der Waals surface area contributed by atoms with Crippen molar-refractivity contribution in [3.63, 3.8) is 0 Å². The SMILES string of the molecule is CCc1ccc(N2CC(C(=O)NCC3CCN(c4ccc(F)cc4)C3)CC2=O)cc1. The van der Waals surface area contributed by atoms with Gasteiger partial charge < -0.3 is 15.1 Å². The summed E-state index contributed by atoms with van der Waals surface area (Å²) >= 11 is 0. The standard InChI is InChI=1S/C24H28FN3O2/c1-2-17-3-7-22(8-4-17)28-16-19(13-23(28)29)24(30)26-14-18-11-12-27(15-18)21-9-5-20(25)6-10-21/h3-10,18-19H,2,11-16H2,1H3,(H,26,30). The predicted molar refractivity (Wildman–Crippen MR) is 116 cm³/mol. The van der Waals surface area contributed by atoms with Gasteiger partial charge in [-0.05, 0) is 60.7 Å². The summed E-state index contributed by atoms with van der Waals surface area (Å²) in [6, 6.07) is 14.5. The smallest absolute Gasteiger partial charge is 0.227 e.